The minimum atomic E-state index is -0.506. The molecular weight excluding hydrogens is 454 g/mol. The third-order valence-electron chi connectivity index (χ3n) is 4.50. The highest BCUT2D eigenvalue weighted by molar-refractivity contribution is 9.10. The summed E-state index contributed by atoms with van der Waals surface area (Å²) >= 11 is 8.80. The zero-order valence-electron chi connectivity index (χ0n) is 16.1. The summed E-state index contributed by atoms with van der Waals surface area (Å²) in [5.41, 5.74) is 2.93. The number of ether oxygens (including phenoxy) is 1. The summed E-state index contributed by atoms with van der Waals surface area (Å²) in [6.07, 6.45) is 0. The van der Waals surface area contributed by atoms with Gasteiger partial charge >= 0.3 is 0 Å². The lowest BCUT2D eigenvalue weighted by atomic mass is 9.94. The normalized spacial score (nSPS) is 16.1. The molecule has 0 saturated heterocycles. The second-order valence-electron chi connectivity index (χ2n) is 6.51. The Morgan fingerprint density at radius 1 is 1.31 bits per heavy atom. The smallest absolute Gasteiger partial charge is 0.251 e. The van der Waals surface area contributed by atoms with Crippen molar-refractivity contribution in [1.29, 1.82) is 0 Å². The summed E-state index contributed by atoms with van der Waals surface area (Å²) in [6, 6.07) is 12.5. The molecular formula is C21H22BrN3O3S. The van der Waals surface area contributed by atoms with Crippen molar-refractivity contribution >= 4 is 39.2 Å². The van der Waals surface area contributed by atoms with E-state index in [1.807, 2.05) is 44.2 Å². The van der Waals surface area contributed by atoms with E-state index in [1.165, 1.54) is 0 Å². The Balaban J connectivity index is 1.94. The number of hydrogen-bond acceptors (Lipinski definition) is 4. The van der Waals surface area contributed by atoms with Gasteiger partial charge in [0.15, 0.2) is 16.6 Å². The Bertz CT molecular complexity index is 963. The van der Waals surface area contributed by atoms with Crippen LogP contribution in [0.2, 0.25) is 0 Å². The first-order valence-corrected chi connectivity index (χ1v) is 10.4. The Hall–Kier alpha value is -2.58. The summed E-state index contributed by atoms with van der Waals surface area (Å²) < 4.78 is 6.15. The molecule has 0 spiro atoms. The lowest BCUT2D eigenvalue weighted by Crippen LogP contribution is -2.46. The molecule has 152 valence electrons. The van der Waals surface area contributed by atoms with E-state index in [1.54, 1.807) is 12.1 Å². The lowest BCUT2D eigenvalue weighted by molar-refractivity contribution is -0.118. The largest absolute Gasteiger partial charge is 0.504 e. The quantitative estimate of drug-likeness (QED) is 0.477. The first-order chi connectivity index (χ1) is 13.9. The molecule has 0 aliphatic carbocycles. The van der Waals surface area contributed by atoms with Crippen LogP contribution in [0.4, 0.5) is 0 Å². The van der Waals surface area contributed by atoms with Gasteiger partial charge in [-0.2, -0.15) is 0 Å². The second kappa shape index (κ2) is 9.28. The van der Waals surface area contributed by atoms with E-state index in [-0.39, 0.29) is 11.7 Å². The van der Waals surface area contributed by atoms with Gasteiger partial charge in [0.1, 0.15) is 0 Å². The molecule has 3 rings (SSSR count). The molecule has 2 aromatic rings. The standard InChI is InChI=1S/C21H22BrN3O3S/c1-3-28-17-9-14(15(22)10-16(17)26)19-18(12(2)24-21(29)25-19)20(27)23-11-13-7-5-4-6-8-13/h4-10,19,26H,3,11H2,1-2H3,(H,23,27)(H2,24,25,29)/t19-/m0/s1. The zero-order valence-corrected chi connectivity index (χ0v) is 18.5. The number of thiocarbonyl (C=S) groups is 1. The fourth-order valence-corrected chi connectivity index (χ4v) is 3.98. The van der Waals surface area contributed by atoms with Crippen molar-refractivity contribution in [3.63, 3.8) is 0 Å². The van der Waals surface area contributed by atoms with Crippen molar-refractivity contribution in [1.82, 2.24) is 16.0 Å². The van der Waals surface area contributed by atoms with Gasteiger partial charge in [-0.3, -0.25) is 4.79 Å². The van der Waals surface area contributed by atoms with Gasteiger partial charge in [0.2, 0.25) is 0 Å². The molecule has 1 heterocycles. The first kappa shape index (κ1) is 21.1. The Morgan fingerprint density at radius 2 is 2.03 bits per heavy atom. The molecule has 1 atom stereocenters. The molecule has 8 heteroatoms. The van der Waals surface area contributed by atoms with Gasteiger partial charge in [0.25, 0.3) is 5.91 Å². The number of hydrogen-bond donors (Lipinski definition) is 4. The fraction of sp³-hybridized carbons (Fsp3) is 0.238. The van der Waals surface area contributed by atoms with Gasteiger partial charge in [0, 0.05) is 16.7 Å². The van der Waals surface area contributed by atoms with Gasteiger partial charge in [-0.15, -0.1) is 0 Å². The molecule has 1 aliphatic rings. The molecule has 0 radical (unpaired) electrons. The number of allylic oxidation sites excluding steroid dienone is 1. The van der Waals surface area contributed by atoms with Crippen LogP contribution in [0, 0.1) is 0 Å². The minimum absolute atomic E-state index is 0.0229. The van der Waals surface area contributed by atoms with Crippen LogP contribution < -0.4 is 20.7 Å². The van der Waals surface area contributed by atoms with Crippen LogP contribution in [0.1, 0.15) is 31.0 Å². The van der Waals surface area contributed by atoms with Gasteiger partial charge in [-0.05, 0) is 49.3 Å². The molecule has 29 heavy (non-hydrogen) atoms. The highest BCUT2D eigenvalue weighted by Crippen LogP contribution is 2.39. The maximum absolute atomic E-state index is 13.1. The van der Waals surface area contributed by atoms with Crippen LogP contribution in [0.15, 0.2) is 58.2 Å². The number of amides is 1. The summed E-state index contributed by atoms with van der Waals surface area (Å²) in [7, 11) is 0. The number of rotatable bonds is 6. The molecule has 0 saturated carbocycles. The number of phenols is 1. The van der Waals surface area contributed by atoms with Crippen molar-refractivity contribution in [3.05, 3.63) is 69.3 Å². The number of phenolic OH excluding ortho intramolecular Hbond substituents is 1. The molecule has 1 amide bonds. The lowest BCUT2D eigenvalue weighted by Gasteiger charge is -2.31. The first-order valence-electron chi connectivity index (χ1n) is 9.16. The van der Waals surface area contributed by atoms with Crippen LogP contribution in [0.3, 0.4) is 0 Å². The number of carbonyl (C=O) groups excluding carboxylic acids is 1. The summed E-state index contributed by atoms with van der Waals surface area (Å²) in [4.78, 5) is 13.1. The second-order valence-corrected chi connectivity index (χ2v) is 7.78. The average molecular weight is 476 g/mol. The SMILES string of the molecule is CCOc1cc([C@@H]2NC(=S)NC(C)=C2C(=O)NCc2ccccc2)c(Br)cc1O. The maximum Gasteiger partial charge on any atom is 0.251 e. The molecule has 1 aliphatic heterocycles. The van der Waals surface area contributed by atoms with E-state index in [9.17, 15) is 9.90 Å². The molecule has 4 N–H and O–H groups in total. The molecule has 0 aromatic heterocycles. The van der Waals surface area contributed by atoms with E-state index in [2.05, 4.69) is 31.9 Å². The van der Waals surface area contributed by atoms with Crippen LogP contribution >= 0.6 is 28.1 Å². The monoisotopic (exact) mass is 475 g/mol. The highest BCUT2D eigenvalue weighted by Gasteiger charge is 2.31. The summed E-state index contributed by atoms with van der Waals surface area (Å²) in [5, 5.41) is 19.7. The molecule has 0 fully saturated rings. The molecule has 2 aromatic carbocycles. The number of aromatic hydroxyl groups is 1. The molecule has 0 bridgehead atoms. The third-order valence-corrected chi connectivity index (χ3v) is 5.41. The van der Waals surface area contributed by atoms with Gasteiger partial charge in [0.05, 0.1) is 18.2 Å². The van der Waals surface area contributed by atoms with Crippen LogP contribution in [-0.2, 0) is 11.3 Å². The van der Waals surface area contributed by atoms with Crippen LogP contribution in [0.25, 0.3) is 0 Å². The van der Waals surface area contributed by atoms with Crippen molar-refractivity contribution in [3.8, 4) is 11.5 Å². The number of nitrogens with one attached hydrogen (secondary N) is 3. The van der Waals surface area contributed by atoms with Gasteiger partial charge in [-0.1, -0.05) is 46.3 Å². The van der Waals surface area contributed by atoms with Gasteiger partial charge < -0.3 is 25.8 Å². The topological polar surface area (TPSA) is 82.6 Å². The highest BCUT2D eigenvalue weighted by atomic mass is 79.9. The van der Waals surface area contributed by atoms with Crippen molar-refractivity contribution in [2.24, 2.45) is 0 Å². The summed E-state index contributed by atoms with van der Waals surface area (Å²) in [5.74, 6) is 0.158. The number of benzene rings is 2. The van der Waals surface area contributed by atoms with Crippen molar-refractivity contribution in [2.75, 3.05) is 6.61 Å². The molecule has 0 unspecified atom stereocenters. The summed E-state index contributed by atoms with van der Waals surface area (Å²) in [6.45, 7) is 4.47. The van der Waals surface area contributed by atoms with E-state index in [4.69, 9.17) is 17.0 Å². The minimum Gasteiger partial charge on any atom is -0.504 e. The van der Waals surface area contributed by atoms with Gasteiger partial charge in [-0.25, -0.2) is 0 Å². The van der Waals surface area contributed by atoms with Crippen LogP contribution in [0.5, 0.6) is 11.5 Å². The Kier molecular flexibility index (Phi) is 6.76. The van der Waals surface area contributed by atoms with Crippen molar-refractivity contribution in [2.45, 2.75) is 26.4 Å². The zero-order chi connectivity index (χ0) is 21.0. The number of halogens is 1. The van der Waals surface area contributed by atoms with Crippen molar-refractivity contribution < 1.29 is 14.6 Å². The Morgan fingerprint density at radius 3 is 2.72 bits per heavy atom. The average Bonchev–Trinajstić information content (AvgIpc) is 2.68. The third kappa shape index (κ3) is 4.89. The molecule has 6 nitrogen and oxygen atoms in total. The number of carbonyl (C=O) groups is 1. The predicted octanol–water partition coefficient (Wildman–Crippen LogP) is 3.66. The maximum atomic E-state index is 13.1. The van der Waals surface area contributed by atoms with E-state index >= 15 is 0 Å². The fourth-order valence-electron chi connectivity index (χ4n) is 3.15. The van der Waals surface area contributed by atoms with Crippen LogP contribution in [-0.4, -0.2) is 22.7 Å². The van der Waals surface area contributed by atoms with E-state index < -0.39 is 6.04 Å². The van der Waals surface area contributed by atoms with E-state index in [0.29, 0.717) is 39.8 Å². The predicted molar refractivity (Wildman–Crippen MR) is 120 cm³/mol. The Labute approximate surface area is 183 Å². The van der Waals surface area contributed by atoms with E-state index in [0.717, 1.165) is 11.1 Å².